The van der Waals surface area contributed by atoms with Gasteiger partial charge in [0.2, 0.25) is 15.9 Å². The molecule has 1 heterocycles. The van der Waals surface area contributed by atoms with Crippen molar-refractivity contribution in [3.05, 3.63) is 52.0 Å². The van der Waals surface area contributed by atoms with Crippen LogP contribution in [0.5, 0.6) is 5.75 Å². The smallest absolute Gasteiger partial charge is 0.243 e. The number of nitrogens with zero attached hydrogens (tertiary/aromatic N) is 1. The molecule has 0 aromatic heterocycles. The minimum atomic E-state index is -3.78. The van der Waals surface area contributed by atoms with Gasteiger partial charge in [0.25, 0.3) is 0 Å². The van der Waals surface area contributed by atoms with E-state index in [1.54, 1.807) is 18.2 Å². The van der Waals surface area contributed by atoms with E-state index in [0.717, 1.165) is 5.56 Å². The van der Waals surface area contributed by atoms with Gasteiger partial charge in [-0.25, -0.2) is 8.42 Å². The van der Waals surface area contributed by atoms with Gasteiger partial charge in [0.1, 0.15) is 5.75 Å². The monoisotopic (exact) mass is 470 g/mol. The number of nitrogens with one attached hydrogen (secondary N) is 1. The number of hydrogen-bond acceptors (Lipinski definition) is 4. The predicted molar refractivity (Wildman–Crippen MR) is 119 cm³/mol. The highest BCUT2D eigenvalue weighted by Gasteiger charge is 2.33. The van der Waals surface area contributed by atoms with Crippen LogP contribution in [0.2, 0.25) is 10.0 Å². The van der Waals surface area contributed by atoms with Crippen molar-refractivity contribution in [3.8, 4) is 5.75 Å². The molecule has 1 amide bonds. The summed E-state index contributed by atoms with van der Waals surface area (Å²) in [6.07, 6.45) is 1.21. The van der Waals surface area contributed by atoms with Crippen LogP contribution in [0.25, 0.3) is 0 Å². The lowest BCUT2D eigenvalue weighted by Gasteiger charge is -2.31. The second-order valence-electron chi connectivity index (χ2n) is 7.18. The van der Waals surface area contributed by atoms with Gasteiger partial charge in [-0.1, -0.05) is 29.3 Å². The molecule has 1 atom stereocenters. The first-order valence-electron chi connectivity index (χ1n) is 9.72. The second kappa shape index (κ2) is 9.56. The third-order valence-corrected chi connectivity index (χ3v) is 7.44. The largest absolute Gasteiger partial charge is 0.492 e. The van der Waals surface area contributed by atoms with Crippen molar-refractivity contribution < 1.29 is 17.9 Å². The van der Waals surface area contributed by atoms with Crippen LogP contribution in [-0.4, -0.2) is 38.3 Å². The van der Waals surface area contributed by atoms with Crippen LogP contribution in [0.3, 0.4) is 0 Å². The van der Waals surface area contributed by atoms with E-state index >= 15 is 0 Å². The van der Waals surface area contributed by atoms with Crippen LogP contribution in [0.15, 0.2) is 41.3 Å². The Bertz CT molecular complexity index is 1040. The molecule has 0 aliphatic carbocycles. The zero-order valence-electron chi connectivity index (χ0n) is 16.8. The number of aryl methyl sites for hydroxylation is 1. The Hall–Kier alpha value is -1.80. The fourth-order valence-corrected chi connectivity index (χ4v) is 5.42. The van der Waals surface area contributed by atoms with Crippen molar-refractivity contribution in [2.75, 3.05) is 25.0 Å². The Labute approximate surface area is 187 Å². The Kier molecular flexibility index (Phi) is 7.29. The van der Waals surface area contributed by atoms with Crippen LogP contribution in [0.4, 0.5) is 5.69 Å². The highest BCUT2D eigenvalue weighted by molar-refractivity contribution is 7.89. The van der Waals surface area contributed by atoms with Crippen LogP contribution in [0.1, 0.15) is 25.3 Å². The molecular weight excluding hydrogens is 447 g/mol. The number of carbonyl (C=O) groups excluding carboxylic acids is 1. The Morgan fingerprint density at radius 1 is 1.23 bits per heavy atom. The van der Waals surface area contributed by atoms with Crippen molar-refractivity contribution >= 4 is 44.8 Å². The summed E-state index contributed by atoms with van der Waals surface area (Å²) in [6, 6.07) is 9.68. The number of halogens is 2. The average molecular weight is 471 g/mol. The number of anilines is 1. The number of piperidine rings is 1. The van der Waals surface area contributed by atoms with Gasteiger partial charge in [-0.05, 0) is 62.6 Å². The number of amides is 1. The first kappa shape index (κ1) is 22.9. The van der Waals surface area contributed by atoms with Gasteiger partial charge in [0, 0.05) is 23.8 Å². The lowest BCUT2D eigenvalue weighted by Crippen LogP contribution is -2.43. The summed E-state index contributed by atoms with van der Waals surface area (Å²) in [6.45, 7) is 4.59. The SMILES string of the molecule is CCOc1ccc(S(=O)(=O)N2CCC[C@H](C(=O)Nc3cc(Cl)ccc3C)C2)cc1Cl. The standard InChI is InChI=1S/C21H24Cl2N2O4S/c1-3-29-20-9-8-17(12-18(20)23)30(27,28)25-10-4-5-15(13-25)21(26)24-19-11-16(22)7-6-14(19)2/h6-9,11-12,15H,3-5,10,13H2,1-2H3,(H,24,26)/t15-/m0/s1. The fraction of sp³-hybridized carbons (Fsp3) is 0.381. The normalized spacial score (nSPS) is 17.5. The van der Waals surface area contributed by atoms with E-state index < -0.39 is 15.9 Å². The predicted octanol–water partition coefficient (Wildman–Crippen LogP) is 4.74. The lowest BCUT2D eigenvalue weighted by atomic mass is 9.98. The summed E-state index contributed by atoms with van der Waals surface area (Å²) in [4.78, 5) is 12.9. The second-order valence-corrected chi connectivity index (χ2v) is 9.96. The molecule has 2 aromatic carbocycles. The van der Waals surface area contributed by atoms with Crippen molar-refractivity contribution in [2.45, 2.75) is 31.6 Å². The van der Waals surface area contributed by atoms with Gasteiger partial charge in [0.15, 0.2) is 0 Å². The Morgan fingerprint density at radius 2 is 2.00 bits per heavy atom. The van der Waals surface area contributed by atoms with Crippen LogP contribution >= 0.6 is 23.2 Å². The van der Waals surface area contributed by atoms with E-state index in [1.807, 2.05) is 19.9 Å². The summed E-state index contributed by atoms with van der Waals surface area (Å²) in [5.41, 5.74) is 1.52. The van der Waals surface area contributed by atoms with Crippen LogP contribution < -0.4 is 10.1 Å². The maximum Gasteiger partial charge on any atom is 0.243 e. The first-order valence-corrected chi connectivity index (χ1v) is 11.9. The van der Waals surface area contributed by atoms with E-state index in [4.69, 9.17) is 27.9 Å². The molecule has 1 aliphatic rings. The molecule has 2 aromatic rings. The van der Waals surface area contributed by atoms with Crippen LogP contribution in [0, 0.1) is 12.8 Å². The highest BCUT2D eigenvalue weighted by Crippen LogP contribution is 2.31. The maximum atomic E-state index is 13.1. The van der Waals surface area contributed by atoms with Crippen molar-refractivity contribution in [3.63, 3.8) is 0 Å². The van der Waals surface area contributed by atoms with Crippen LogP contribution in [-0.2, 0) is 14.8 Å². The van der Waals surface area contributed by atoms with Gasteiger partial charge >= 0.3 is 0 Å². The molecule has 0 bridgehead atoms. The number of ether oxygens (including phenoxy) is 1. The van der Waals surface area contributed by atoms with E-state index in [1.165, 1.54) is 16.4 Å². The molecule has 9 heteroatoms. The minimum Gasteiger partial charge on any atom is -0.492 e. The average Bonchev–Trinajstić information content (AvgIpc) is 2.72. The molecule has 3 rings (SSSR count). The third-order valence-electron chi connectivity index (χ3n) is 5.05. The van der Waals surface area contributed by atoms with Gasteiger partial charge in [-0.15, -0.1) is 0 Å². The van der Waals surface area contributed by atoms with Crippen molar-refractivity contribution in [1.29, 1.82) is 0 Å². The molecule has 162 valence electrons. The van der Waals surface area contributed by atoms with E-state index in [9.17, 15) is 13.2 Å². The molecule has 0 radical (unpaired) electrons. The molecule has 0 unspecified atom stereocenters. The summed E-state index contributed by atoms with van der Waals surface area (Å²) in [5, 5.41) is 3.64. The zero-order valence-corrected chi connectivity index (χ0v) is 19.1. The van der Waals surface area contributed by atoms with E-state index in [-0.39, 0.29) is 22.4 Å². The topological polar surface area (TPSA) is 75.7 Å². The lowest BCUT2D eigenvalue weighted by molar-refractivity contribution is -0.120. The third kappa shape index (κ3) is 5.09. The summed E-state index contributed by atoms with van der Waals surface area (Å²) in [5.74, 6) is -0.235. The van der Waals surface area contributed by atoms with Crippen molar-refractivity contribution in [2.24, 2.45) is 5.92 Å². The van der Waals surface area contributed by atoms with Gasteiger partial charge in [-0.2, -0.15) is 4.31 Å². The van der Waals surface area contributed by atoms with Gasteiger partial charge in [0.05, 0.1) is 22.4 Å². The first-order chi connectivity index (χ1) is 14.2. The Balaban J connectivity index is 1.75. The minimum absolute atomic E-state index is 0.0858. The quantitative estimate of drug-likeness (QED) is 0.661. The maximum absolute atomic E-state index is 13.1. The molecule has 1 fully saturated rings. The molecule has 0 spiro atoms. The molecule has 0 saturated carbocycles. The number of hydrogen-bond donors (Lipinski definition) is 1. The number of carbonyl (C=O) groups is 1. The number of sulfonamides is 1. The molecule has 1 saturated heterocycles. The summed E-state index contributed by atoms with van der Waals surface area (Å²) < 4.78 is 32.9. The highest BCUT2D eigenvalue weighted by atomic mass is 35.5. The summed E-state index contributed by atoms with van der Waals surface area (Å²) in [7, 11) is -3.78. The molecular formula is C21H24Cl2N2O4S. The Morgan fingerprint density at radius 3 is 2.70 bits per heavy atom. The van der Waals surface area contributed by atoms with Crippen molar-refractivity contribution in [1.82, 2.24) is 4.31 Å². The van der Waals surface area contributed by atoms with Gasteiger partial charge in [-0.3, -0.25) is 4.79 Å². The van der Waals surface area contributed by atoms with E-state index in [0.29, 0.717) is 42.5 Å². The molecule has 6 nitrogen and oxygen atoms in total. The summed E-state index contributed by atoms with van der Waals surface area (Å²) >= 11 is 12.2. The molecule has 30 heavy (non-hydrogen) atoms. The fourth-order valence-electron chi connectivity index (χ4n) is 3.40. The zero-order chi connectivity index (χ0) is 21.9. The number of benzene rings is 2. The van der Waals surface area contributed by atoms with Gasteiger partial charge < -0.3 is 10.1 Å². The molecule has 1 aliphatic heterocycles. The number of rotatable bonds is 6. The molecule has 1 N–H and O–H groups in total. The van der Waals surface area contributed by atoms with E-state index in [2.05, 4.69) is 5.32 Å².